The van der Waals surface area contributed by atoms with E-state index in [1.807, 2.05) is 23.9 Å². The molecule has 3 rings (SSSR count). The molecule has 0 amide bonds. The van der Waals surface area contributed by atoms with E-state index in [2.05, 4.69) is 4.98 Å². The van der Waals surface area contributed by atoms with E-state index in [-0.39, 0.29) is 16.5 Å². The summed E-state index contributed by atoms with van der Waals surface area (Å²) in [5.74, 6) is -0.228. The molecule has 0 fully saturated rings. The number of pyridine rings is 1. The molecule has 2 N–H and O–H groups in total. The molecule has 4 nitrogen and oxygen atoms in total. The Balaban J connectivity index is 2.57. The molecule has 0 aliphatic heterocycles. The van der Waals surface area contributed by atoms with Crippen LogP contribution in [-0.2, 0) is 7.05 Å². The average molecular weight is 280 g/mol. The predicted molar refractivity (Wildman–Crippen MR) is 73.8 cm³/mol. The molecule has 0 saturated carbocycles. The third kappa shape index (κ3) is 1.23. The monoisotopic (exact) mass is 279 g/mol. The molecule has 1 aliphatic rings. The van der Waals surface area contributed by atoms with Crippen LogP contribution in [0.25, 0.3) is 15.8 Å². The van der Waals surface area contributed by atoms with Crippen molar-refractivity contribution in [2.24, 2.45) is 12.8 Å². The van der Waals surface area contributed by atoms with Crippen LogP contribution in [0.2, 0.25) is 0 Å². The van der Waals surface area contributed by atoms with Crippen LogP contribution in [0, 0.1) is 0 Å². The number of allylic oxidation sites excluding steroid dienone is 1. The molecule has 2 aromatic heterocycles. The second kappa shape index (κ2) is 3.76. The Hall–Kier alpha value is -1.46. The minimum Gasteiger partial charge on any atom is -0.394 e. The lowest BCUT2D eigenvalue weighted by molar-refractivity contribution is 0.102. The molecule has 0 bridgehead atoms. The Morgan fingerprint density at radius 3 is 2.89 bits per heavy atom. The summed E-state index contributed by atoms with van der Waals surface area (Å²) >= 11 is 7.70. The SMILES string of the molecule is CSc1c2ccnc3c2c(n1C)C(=O)C(N)=C3Cl. The number of hydrogen-bond donors (Lipinski definition) is 1. The van der Waals surface area contributed by atoms with Gasteiger partial charge >= 0.3 is 0 Å². The van der Waals surface area contributed by atoms with Crippen LogP contribution in [0.4, 0.5) is 0 Å². The number of nitrogens with two attached hydrogens (primary N) is 1. The van der Waals surface area contributed by atoms with Gasteiger partial charge in [-0.05, 0) is 12.3 Å². The van der Waals surface area contributed by atoms with Crippen LogP contribution in [0.3, 0.4) is 0 Å². The van der Waals surface area contributed by atoms with Crippen LogP contribution < -0.4 is 5.73 Å². The topological polar surface area (TPSA) is 60.9 Å². The van der Waals surface area contributed by atoms with Crippen molar-refractivity contribution in [2.75, 3.05) is 6.26 Å². The number of nitrogens with zero attached hydrogens (tertiary/aromatic N) is 2. The van der Waals surface area contributed by atoms with E-state index in [1.54, 1.807) is 18.0 Å². The highest BCUT2D eigenvalue weighted by Gasteiger charge is 2.31. The molecule has 0 spiro atoms. The van der Waals surface area contributed by atoms with Crippen LogP contribution >= 0.6 is 23.4 Å². The van der Waals surface area contributed by atoms with E-state index in [4.69, 9.17) is 17.3 Å². The molecule has 0 aromatic carbocycles. The van der Waals surface area contributed by atoms with Gasteiger partial charge in [-0.3, -0.25) is 9.78 Å². The van der Waals surface area contributed by atoms with Crippen molar-refractivity contribution in [3.05, 3.63) is 29.3 Å². The van der Waals surface area contributed by atoms with Gasteiger partial charge in [0.15, 0.2) is 0 Å². The minimum absolute atomic E-state index is 0.0676. The number of thioether (sulfide) groups is 1. The van der Waals surface area contributed by atoms with Gasteiger partial charge in [0.25, 0.3) is 0 Å². The number of aromatic nitrogens is 2. The van der Waals surface area contributed by atoms with E-state index < -0.39 is 0 Å². The largest absolute Gasteiger partial charge is 0.394 e. The first kappa shape index (κ1) is 11.6. The van der Waals surface area contributed by atoms with E-state index in [0.29, 0.717) is 11.4 Å². The summed E-state index contributed by atoms with van der Waals surface area (Å²) in [7, 11) is 1.86. The molecule has 0 atom stereocenters. The summed E-state index contributed by atoms with van der Waals surface area (Å²) in [6, 6.07) is 1.90. The van der Waals surface area contributed by atoms with Crippen LogP contribution in [-0.4, -0.2) is 21.6 Å². The number of rotatable bonds is 1. The Morgan fingerprint density at radius 1 is 1.50 bits per heavy atom. The maximum atomic E-state index is 12.2. The van der Waals surface area contributed by atoms with Gasteiger partial charge in [0.2, 0.25) is 5.78 Å². The van der Waals surface area contributed by atoms with Crippen molar-refractivity contribution < 1.29 is 4.79 Å². The first-order chi connectivity index (χ1) is 8.57. The van der Waals surface area contributed by atoms with E-state index in [1.165, 1.54) is 0 Å². The van der Waals surface area contributed by atoms with Crippen LogP contribution in [0.5, 0.6) is 0 Å². The van der Waals surface area contributed by atoms with Crippen molar-refractivity contribution in [1.29, 1.82) is 0 Å². The van der Waals surface area contributed by atoms with Gasteiger partial charge in [-0.2, -0.15) is 0 Å². The highest BCUT2D eigenvalue weighted by Crippen LogP contribution is 2.40. The lowest BCUT2D eigenvalue weighted by atomic mass is 10.0. The minimum atomic E-state index is -0.228. The van der Waals surface area contributed by atoms with Crippen LogP contribution in [0.1, 0.15) is 16.2 Å². The molecule has 92 valence electrons. The molecule has 0 saturated heterocycles. The average Bonchev–Trinajstić information content (AvgIpc) is 2.66. The molecular formula is C12H10ClN3OS. The molecule has 2 heterocycles. The fourth-order valence-corrected chi connectivity index (χ4v) is 3.35. The van der Waals surface area contributed by atoms with Gasteiger partial charge in [-0.25, -0.2) is 0 Å². The standard InChI is InChI=1S/C12H10ClN3OS/c1-16-10-6-5(12(16)18-2)3-4-15-9(6)7(13)8(14)11(10)17/h3-4H,14H2,1-2H3. The molecule has 18 heavy (non-hydrogen) atoms. The Labute approximate surface area is 113 Å². The van der Waals surface area contributed by atoms with Gasteiger partial charge in [0, 0.05) is 24.0 Å². The first-order valence-corrected chi connectivity index (χ1v) is 6.90. The van der Waals surface area contributed by atoms with E-state index >= 15 is 0 Å². The smallest absolute Gasteiger partial charge is 0.227 e. The molecule has 0 unspecified atom stereocenters. The third-order valence-corrected chi connectivity index (χ3v) is 4.42. The quantitative estimate of drug-likeness (QED) is 0.814. The molecular weight excluding hydrogens is 270 g/mol. The normalized spacial score (nSPS) is 14.7. The lowest BCUT2D eigenvalue weighted by Crippen LogP contribution is -2.20. The zero-order valence-electron chi connectivity index (χ0n) is 9.82. The molecule has 6 heteroatoms. The summed E-state index contributed by atoms with van der Waals surface area (Å²) in [6.45, 7) is 0. The first-order valence-electron chi connectivity index (χ1n) is 5.29. The summed E-state index contributed by atoms with van der Waals surface area (Å²) in [4.78, 5) is 16.5. The van der Waals surface area contributed by atoms with Gasteiger partial charge in [0.1, 0.15) is 11.4 Å². The predicted octanol–water partition coefficient (Wildman–Crippen LogP) is 2.36. The third-order valence-electron chi connectivity index (χ3n) is 3.16. The number of Topliss-reactive ketones (excluding diaryl/α,β-unsaturated/α-hetero) is 1. The fraction of sp³-hybridized carbons (Fsp3) is 0.167. The summed E-state index contributed by atoms with van der Waals surface area (Å²) in [5, 5.41) is 3.05. The maximum Gasteiger partial charge on any atom is 0.227 e. The summed E-state index contributed by atoms with van der Waals surface area (Å²) < 4.78 is 1.86. The summed E-state index contributed by atoms with van der Waals surface area (Å²) in [5.41, 5.74) is 7.00. The van der Waals surface area contributed by atoms with Crippen LogP contribution in [0.15, 0.2) is 23.0 Å². The number of halogens is 1. The Kier molecular flexibility index (Phi) is 2.43. The van der Waals surface area contributed by atoms with E-state index in [0.717, 1.165) is 15.8 Å². The molecule has 2 aromatic rings. The van der Waals surface area contributed by atoms with Gasteiger partial charge in [0.05, 0.1) is 15.8 Å². The van der Waals surface area contributed by atoms with Crippen molar-refractivity contribution in [1.82, 2.24) is 9.55 Å². The van der Waals surface area contributed by atoms with Gasteiger partial charge < -0.3 is 10.3 Å². The lowest BCUT2D eigenvalue weighted by Gasteiger charge is -2.13. The Morgan fingerprint density at radius 2 is 2.22 bits per heavy atom. The van der Waals surface area contributed by atoms with Crippen molar-refractivity contribution in [3.8, 4) is 0 Å². The fourth-order valence-electron chi connectivity index (χ4n) is 2.36. The summed E-state index contributed by atoms with van der Waals surface area (Å²) in [6.07, 6.45) is 3.66. The number of carbonyl (C=O) groups is 1. The number of carbonyl (C=O) groups excluding carboxylic acids is 1. The number of ketones is 1. The van der Waals surface area contributed by atoms with Crippen molar-refractivity contribution >= 4 is 45.0 Å². The molecule has 1 aliphatic carbocycles. The zero-order chi connectivity index (χ0) is 13.0. The van der Waals surface area contributed by atoms with E-state index in [9.17, 15) is 4.79 Å². The second-order valence-corrected chi connectivity index (χ2v) is 5.23. The second-order valence-electron chi connectivity index (χ2n) is 4.06. The Bertz CT molecular complexity index is 732. The van der Waals surface area contributed by atoms with Crippen molar-refractivity contribution in [2.45, 2.75) is 5.03 Å². The zero-order valence-corrected chi connectivity index (χ0v) is 11.4. The highest BCUT2D eigenvalue weighted by molar-refractivity contribution is 7.98. The molecule has 0 radical (unpaired) electrons. The van der Waals surface area contributed by atoms with Gasteiger partial charge in [-0.1, -0.05) is 11.6 Å². The van der Waals surface area contributed by atoms with Gasteiger partial charge in [-0.15, -0.1) is 11.8 Å². The number of hydrogen-bond acceptors (Lipinski definition) is 4. The van der Waals surface area contributed by atoms with Crippen molar-refractivity contribution in [3.63, 3.8) is 0 Å². The maximum absolute atomic E-state index is 12.2. The highest BCUT2D eigenvalue weighted by atomic mass is 35.5.